The molecular weight excluding hydrogens is 286 g/mol. The summed E-state index contributed by atoms with van der Waals surface area (Å²) in [5, 5.41) is 18.7. The number of aromatic amines is 1. The van der Waals surface area contributed by atoms with Crippen molar-refractivity contribution in [3.8, 4) is 11.8 Å². The second-order valence-corrected chi connectivity index (χ2v) is 5.46. The Morgan fingerprint density at radius 1 is 1.17 bits per heavy atom. The van der Waals surface area contributed by atoms with Crippen molar-refractivity contribution < 1.29 is 0 Å². The van der Waals surface area contributed by atoms with Gasteiger partial charge >= 0.3 is 0 Å². The number of nitrogens with one attached hydrogen (secondary N) is 2. The topological polar surface area (TPSA) is 81.2 Å². The molecule has 5 heteroatoms. The largest absolute Gasteiger partial charge is 0.339 e. The molecule has 0 amide bonds. The van der Waals surface area contributed by atoms with Crippen molar-refractivity contribution in [1.29, 1.82) is 10.7 Å². The number of aryl methyl sites for hydroxylation is 1. The number of para-hydroxylation sites is 1. The van der Waals surface area contributed by atoms with E-state index in [2.05, 4.69) is 9.97 Å². The third-order valence-corrected chi connectivity index (χ3v) is 3.92. The van der Waals surface area contributed by atoms with Gasteiger partial charge < -0.3 is 4.98 Å². The number of aromatic nitrogens is 3. The number of nitriles is 1. The molecule has 0 bridgehead atoms. The van der Waals surface area contributed by atoms with E-state index < -0.39 is 0 Å². The van der Waals surface area contributed by atoms with Crippen molar-refractivity contribution >= 4 is 22.1 Å². The van der Waals surface area contributed by atoms with Crippen LogP contribution in [0, 0.1) is 23.7 Å². The molecule has 2 aromatic carbocycles. The first-order valence-electron chi connectivity index (χ1n) is 7.24. The molecule has 5 nitrogen and oxygen atoms in total. The zero-order chi connectivity index (χ0) is 16.0. The minimum absolute atomic E-state index is 0.0807. The molecule has 4 aromatic rings. The van der Waals surface area contributed by atoms with E-state index in [1.54, 1.807) is 4.57 Å². The van der Waals surface area contributed by atoms with Gasteiger partial charge in [0.25, 0.3) is 0 Å². The predicted octanol–water partition coefficient (Wildman–Crippen LogP) is 3.17. The lowest BCUT2D eigenvalue weighted by molar-refractivity contribution is 0.920. The minimum atomic E-state index is 0.0807. The third-order valence-electron chi connectivity index (χ3n) is 3.92. The molecule has 0 saturated heterocycles. The number of nitrogens with zero attached hydrogens (tertiary/aromatic N) is 3. The van der Waals surface area contributed by atoms with E-state index in [1.165, 1.54) is 0 Å². The Morgan fingerprint density at radius 2 is 2.00 bits per heavy atom. The molecule has 4 rings (SSSR count). The number of hydrogen-bond acceptors (Lipinski definition) is 3. The van der Waals surface area contributed by atoms with E-state index in [0.717, 1.165) is 27.8 Å². The predicted molar refractivity (Wildman–Crippen MR) is 88.2 cm³/mol. The molecule has 0 aliphatic carbocycles. The van der Waals surface area contributed by atoms with E-state index in [9.17, 15) is 5.26 Å². The summed E-state index contributed by atoms with van der Waals surface area (Å²) >= 11 is 0. The molecule has 0 atom stereocenters. The van der Waals surface area contributed by atoms with Crippen LogP contribution in [0.5, 0.6) is 0 Å². The van der Waals surface area contributed by atoms with Crippen LogP contribution >= 0.6 is 0 Å². The zero-order valence-corrected chi connectivity index (χ0v) is 12.5. The number of fused-ring (bicyclic) bond motifs is 3. The standard InChI is InChI=1S/C18H13N5/c1-11-5-4-6-12(9-11)23-17(20)15(10-19)21-16-13-7-2-3-8-14(13)22-18(16)23/h2-9,20,22H,1H3. The molecule has 0 spiro atoms. The summed E-state index contributed by atoms with van der Waals surface area (Å²) in [5.41, 5.74) is 4.49. The van der Waals surface area contributed by atoms with Gasteiger partial charge in [-0.25, -0.2) is 4.98 Å². The lowest BCUT2D eigenvalue weighted by Crippen LogP contribution is -2.23. The Balaban J connectivity index is 2.24. The van der Waals surface area contributed by atoms with Crippen LogP contribution < -0.4 is 5.49 Å². The van der Waals surface area contributed by atoms with Gasteiger partial charge in [-0.2, -0.15) is 5.26 Å². The van der Waals surface area contributed by atoms with Crippen molar-refractivity contribution in [2.24, 2.45) is 0 Å². The van der Waals surface area contributed by atoms with E-state index in [-0.39, 0.29) is 11.2 Å². The van der Waals surface area contributed by atoms with E-state index >= 15 is 0 Å². The van der Waals surface area contributed by atoms with Crippen LogP contribution in [-0.2, 0) is 0 Å². The molecule has 0 aliphatic heterocycles. The molecule has 2 N–H and O–H groups in total. The van der Waals surface area contributed by atoms with Crippen LogP contribution in [0.3, 0.4) is 0 Å². The van der Waals surface area contributed by atoms with Crippen LogP contribution in [0.1, 0.15) is 11.3 Å². The number of rotatable bonds is 1. The Morgan fingerprint density at radius 3 is 2.78 bits per heavy atom. The van der Waals surface area contributed by atoms with Crippen molar-refractivity contribution in [1.82, 2.24) is 14.5 Å². The lowest BCUT2D eigenvalue weighted by atomic mass is 10.2. The van der Waals surface area contributed by atoms with E-state index in [4.69, 9.17) is 5.41 Å². The van der Waals surface area contributed by atoms with Gasteiger partial charge in [0.15, 0.2) is 11.2 Å². The lowest BCUT2D eigenvalue weighted by Gasteiger charge is -2.10. The maximum atomic E-state index is 9.36. The summed E-state index contributed by atoms with van der Waals surface area (Å²) < 4.78 is 1.74. The monoisotopic (exact) mass is 299 g/mol. The third kappa shape index (κ3) is 1.93. The summed E-state index contributed by atoms with van der Waals surface area (Å²) in [6.07, 6.45) is 0. The maximum absolute atomic E-state index is 9.36. The van der Waals surface area contributed by atoms with Crippen LogP contribution in [0.2, 0.25) is 0 Å². The summed E-state index contributed by atoms with van der Waals surface area (Å²) in [4.78, 5) is 7.72. The van der Waals surface area contributed by atoms with Crippen molar-refractivity contribution in [2.45, 2.75) is 6.92 Å². The average molecular weight is 299 g/mol. The molecule has 23 heavy (non-hydrogen) atoms. The van der Waals surface area contributed by atoms with Gasteiger partial charge in [0.1, 0.15) is 17.2 Å². The molecule has 0 unspecified atom stereocenters. The molecule has 0 aliphatic rings. The highest BCUT2D eigenvalue weighted by atomic mass is 15.1. The molecular formula is C18H13N5. The van der Waals surface area contributed by atoms with E-state index in [0.29, 0.717) is 5.52 Å². The first-order valence-corrected chi connectivity index (χ1v) is 7.24. The van der Waals surface area contributed by atoms with Gasteiger partial charge in [0, 0.05) is 16.6 Å². The number of hydrogen-bond donors (Lipinski definition) is 2. The first kappa shape index (κ1) is 13.3. The Bertz CT molecular complexity index is 1160. The highest BCUT2D eigenvalue weighted by Crippen LogP contribution is 2.24. The average Bonchev–Trinajstić information content (AvgIpc) is 2.92. The minimum Gasteiger partial charge on any atom is -0.339 e. The maximum Gasteiger partial charge on any atom is 0.184 e. The highest BCUT2D eigenvalue weighted by Gasteiger charge is 2.14. The SMILES string of the molecule is Cc1cccc(-n2c(=N)c(C#N)nc3c4ccccc4[nH]c32)c1. The number of H-pyrrole nitrogens is 1. The summed E-state index contributed by atoms with van der Waals surface area (Å²) in [6, 6.07) is 17.7. The Kier molecular flexibility index (Phi) is 2.78. The molecule has 2 aromatic heterocycles. The summed E-state index contributed by atoms with van der Waals surface area (Å²) in [5.74, 6) is 0. The fraction of sp³-hybridized carbons (Fsp3) is 0.0556. The molecule has 2 heterocycles. The zero-order valence-electron chi connectivity index (χ0n) is 12.5. The quantitative estimate of drug-likeness (QED) is 0.566. The van der Waals surface area contributed by atoms with Gasteiger partial charge in [0.05, 0.1) is 0 Å². The first-order chi connectivity index (χ1) is 11.2. The van der Waals surface area contributed by atoms with Crippen molar-refractivity contribution in [2.75, 3.05) is 0 Å². The summed E-state index contributed by atoms with van der Waals surface area (Å²) in [6.45, 7) is 2.00. The fourth-order valence-electron chi connectivity index (χ4n) is 2.87. The second kappa shape index (κ2) is 4.82. The normalized spacial score (nSPS) is 11.0. The summed E-state index contributed by atoms with van der Waals surface area (Å²) in [7, 11) is 0. The van der Waals surface area contributed by atoms with Crippen LogP contribution in [0.15, 0.2) is 48.5 Å². The van der Waals surface area contributed by atoms with Gasteiger partial charge in [-0.15, -0.1) is 0 Å². The molecule has 0 radical (unpaired) electrons. The fourth-order valence-corrected chi connectivity index (χ4v) is 2.87. The molecule has 0 fully saturated rings. The van der Waals surface area contributed by atoms with Crippen molar-refractivity contribution in [3.63, 3.8) is 0 Å². The van der Waals surface area contributed by atoms with Gasteiger partial charge in [-0.05, 0) is 30.7 Å². The number of benzene rings is 2. The second-order valence-electron chi connectivity index (χ2n) is 5.46. The van der Waals surface area contributed by atoms with Crippen molar-refractivity contribution in [3.05, 3.63) is 65.3 Å². The van der Waals surface area contributed by atoms with Crippen LogP contribution in [0.4, 0.5) is 0 Å². The molecule has 0 saturated carbocycles. The van der Waals surface area contributed by atoms with Crippen LogP contribution in [0.25, 0.3) is 27.8 Å². The van der Waals surface area contributed by atoms with Gasteiger partial charge in [-0.1, -0.05) is 30.3 Å². The molecule has 110 valence electrons. The highest BCUT2D eigenvalue weighted by molar-refractivity contribution is 6.04. The Labute approximate surface area is 132 Å². The van der Waals surface area contributed by atoms with Gasteiger partial charge in [0.2, 0.25) is 0 Å². The smallest absolute Gasteiger partial charge is 0.184 e. The Hall–Kier alpha value is -3.39. The van der Waals surface area contributed by atoms with Gasteiger partial charge in [-0.3, -0.25) is 9.98 Å². The van der Waals surface area contributed by atoms with E-state index in [1.807, 2.05) is 61.5 Å². The van der Waals surface area contributed by atoms with Crippen LogP contribution in [-0.4, -0.2) is 14.5 Å².